The second-order valence-corrected chi connectivity index (χ2v) is 6.28. The standard InChI is InChI=1S/C19H25N3O4/c1-11-8-7-9-16(12(11)2)25-10-17(23)26-15(5)19(24)20-18-13(3)21-22(6)14(18)4/h7-9,15H,10H2,1-6H3,(H,20,24)/t15-/m0/s1. The summed E-state index contributed by atoms with van der Waals surface area (Å²) in [6.45, 7) is 8.81. The number of esters is 1. The Kier molecular flexibility index (Phi) is 6.02. The zero-order chi connectivity index (χ0) is 19.4. The van der Waals surface area contributed by atoms with E-state index in [-0.39, 0.29) is 6.61 Å². The minimum absolute atomic E-state index is 0.257. The van der Waals surface area contributed by atoms with Gasteiger partial charge in [-0.05, 0) is 51.8 Å². The van der Waals surface area contributed by atoms with Crippen molar-refractivity contribution in [1.29, 1.82) is 0 Å². The van der Waals surface area contributed by atoms with Crippen molar-refractivity contribution in [2.45, 2.75) is 40.7 Å². The number of nitrogens with one attached hydrogen (secondary N) is 1. The predicted octanol–water partition coefficient (Wildman–Crippen LogP) is 2.60. The van der Waals surface area contributed by atoms with Gasteiger partial charge < -0.3 is 14.8 Å². The monoisotopic (exact) mass is 359 g/mol. The number of anilines is 1. The summed E-state index contributed by atoms with van der Waals surface area (Å²) in [6.07, 6.45) is -0.941. The molecule has 2 aromatic rings. The molecule has 0 aliphatic carbocycles. The Morgan fingerprint density at radius 2 is 1.92 bits per heavy atom. The summed E-state index contributed by atoms with van der Waals surface area (Å²) in [5.41, 5.74) is 4.20. The molecule has 2 rings (SSSR count). The fourth-order valence-corrected chi connectivity index (χ4v) is 2.48. The molecule has 0 unspecified atom stereocenters. The molecule has 7 nitrogen and oxygen atoms in total. The maximum absolute atomic E-state index is 12.3. The summed E-state index contributed by atoms with van der Waals surface area (Å²) < 4.78 is 12.3. The van der Waals surface area contributed by atoms with Crippen LogP contribution in [0.1, 0.15) is 29.4 Å². The van der Waals surface area contributed by atoms with Gasteiger partial charge in [-0.25, -0.2) is 4.79 Å². The van der Waals surface area contributed by atoms with E-state index in [1.807, 2.05) is 32.9 Å². The molecular formula is C19H25N3O4. The van der Waals surface area contributed by atoms with Crippen molar-refractivity contribution in [3.05, 3.63) is 40.7 Å². The van der Waals surface area contributed by atoms with Crippen LogP contribution >= 0.6 is 0 Å². The lowest BCUT2D eigenvalue weighted by Crippen LogP contribution is -2.32. The third-order valence-corrected chi connectivity index (χ3v) is 4.34. The van der Waals surface area contributed by atoms with Gasteiger partial charge in [0.1, 0.15) is 5.75 Å². The van der Waals surface area contributed by atoms with Gasteiger partial charge >= 0.3 is 5.97 Å². The average molecular weight is 359 g/mol. The highest BCUT2D eigenvalue weighted by atomic mass is 16.6. The zero-order valence-electron chi connectivity index (χ0n) is 16.0. The van der Waals surface area contributed by atoms with E-state index in [0.29, 0.717) is 17.1 Å². The van der Waals surface area contributed by atoms with Crippen LogP contribution in [0.4, 0.5) is 5.69 Å². The van der Waals surface area contributed by atoms with Crippen molar-refractivity contribution in [3.63, 3.8) is 0 Å². The van der Waals surface area contributed by atoms with Gasteiger partial charge in [-0.15, -0.1) is 0 Å². The number of carbonyl (C=O) groups is 2. The molecule has 0 saturated heterocycles. The van der Waals surface area contributed by atoms with Crippen LogP contribution in [0.5, 0.6) is 5.75 Å². The van der Waals surface area contributed by atoms with Crippen LogP contribution in [0.3, 0.4) is 0 Å². The molecule has 0 fully saturated rings. The van der Waals surface area contributed by atoms with Gasteiger partial charge in [0.2, 0.25) is 0 Å². The van der Waals surface area contributed by atoms with Gasteiger partial charge in [0.15, 0.2) is 12.7 Å². The summed E-state index contributed by atoms with van der Waals surface area (Å²) in [5, 5.41) is 6.99. The Bertz CT molecular complexity index is 826. The Morgan fingerprint density at radius 3 is 2.54 bits per heavy atom. The number of carbonyl (C=O) groups excluding carboxylic acids is 2. The Morgan fingerprint density at radius 1 is 1.23 bits per heavy atom. The SMILES string of the molecule is Cc1cccc(OCC(=O)O[C@@H](C)C(=O)Nc2c(C)nn(C)c2C)c1C. The quantitative estimate of drug-likeness (QED) is 0.802. The van der Waals surface area contributed by atoms with Crippen LogP contribution in [0, 0.1) is 27.7 Å². The van der Waals surface area contributed by atoms with E-state index in [0.717, 1.165) is 16.8 Å². The molecular weight excluding hydrogens is 334 g/mol. The highest BCUT2D eigenvalue weighted by molar-refractivity contribution is 5.96. The fraction of sp³-hybridized carbons (Fsp3) is 0.421. The first kappa shape index (κ1) is 19.5. The van der Waals surface area contributed by atoms with Crippen molar-refractivity contribution >= 4 is 17.6 Å². The molecule has 0 bridgehead atoms. The summed E-state index contributed by atoms with van der Waals surface area (Å²) in [7, 11) is 1.80. The van der Waals surface area contributed by atoms with E-state index in [4.69, 9.17) is 9.47 Å². The van der Waals surface area contributed by atoms with Crippen LogP contribution in [0.15, 0.2) is 18.2 Å². The van der Waals surface area contributed by atoms with E-state index < -0.39 is 18.0 Å². The molecule has 0 aliphatic heterocycles. The Balaban J connectivity index is 1.90. The molecule has 1 heterocycles. The van der Waals surface area contributed by atoms with Crippen molar-refractivity contribution in [1.82, 2.24) is 9.78 Å². The lowest BCUT2D eigenvalue weighted by molar-refractivity contribution is -0.155. The second-order valence-electron chi connectivity index (χ2n) is 6.28. The summed E-state index contributed by atoms with van der Waals surface area (Å²) >= 11 is 0. The topological polar surface area (TPSA) is 82.4 Å². The fourth-order valence-electron chi connectivity index (χ4n) is 2.48. The minimum Gasteiger partial charge on any atom is -0.482 e. The van der Waals surface area contributed by atoms with E-state index in [2.05, 4.69) is 10.4 Å². The molecule has 7 heteroatoms. The third kappa shape index (κ3) is 4.41. The average Bonchev–Trinajstić information content (AvgIpc) is 2.82. The Labute approximate surface area is 153 Å². The number of amides is 1. The van der Waals surface area contributed by atoms with Gasteiger partial charge in [0.05, 0.1) is 17.1 Å². The molecule has 0 aliphatic rings. The lowest BCUT2D eigenvalue weighted by atomic mass is 10.1. The molecule has 26 heavy (non-hydrogen) atoms. The van der Waals surface area contributed by atoms with Crippen LogP contribution in [0.25, 0.3) is 0 Å². The summed E-state index contributed by atoms with van der Waals surface area (Å²) in [4.78, 5) is 24.2. The molecule has 0 spiro atoms. The zero-order valence-corrected chi connectivity index (χ0v) is 16.0. The number of aromatic nitrogens is 2. The van der Waals surface area contributed by atoms with Gasteiger partial charge in [-0.3, -0.25) is 9.48 Å². The van der Waals surface area contributed by atoms with E-state index in [1.165, 1.54) is 6.92 Å². The Hall–Kier alpha value is -2.83. The minimum atomic E-state index is -0.941. The molecule has 1 aromatic heterocycles. The number of aryl methyl sites for hydroxylation is 3. The van der Waals surface area contributed by atoms with E-state index in [9.17, 15) is 9.59 Å². The van der Waals surface area contributed by atoms with Gasteiger partial charge in [0.25, 0.3) is 5.91 Å². The van der Waals surface area contributed by atoms with Gasteiger partial charge in [0, 0.05) is 7.05 Å². The van der Waals surface area contributed by atoms with Gasteiger partial charge in [-0.2, -0.15) is 5.10 Å². The van der Waals surface area contributed by atoms with Crippen LogP contribution in [-0.4, -0.2) is 34.4 Å². The van der Waals surface area contributed by atoms with E-state index >= 15 is 0 Å². The van der Waals surface area contributed by atoms with Crippen LogP contribution in [-0.2, 0) is 21.4 Å². The first-order valence-corrected chi connectivity index (χ1v) is 8.40. The van der Waals surface area contributed by atoms with Crippen LogP contribution in [0.2, 0.25) is 0 Å². The van der Waals surface area contributed by atoms with E-state index in [1.54, 1.807) is 24.7 Å². The number of hydrogen-bond acceptors (Lipinski definition) is 5. The lowest BCUT2D eigenvalue weighted by Gasteiger charge is -2.15. The third-order valence-electron chi connectivity index (χ3n) is 4.34. The first-order valence-electron chi connectivity index (χ1n) is 8.40. The predicted molar refractivity (Wildman–Crippen MR) is 98.3 cm³/mol. The first-order chi connectivity index (χ1) is 12.2. The maximum Gasteiger partial charge on any atom is 0.344 e. The maximum atomic E-state index is 12.3. The molecule has 0 saturated carbocycles. The highest BCUT2D eigenvalue weighted by Gasteiger charge is 2.21. The number of hydrogen-bond donors (Lipinski definition) is 1. The molecule has 0 radical (unpaired) electrons. The summed E-state index contributed by atoms with van der Waals surface area (Å²) in [6, 6.07) is 5.62. The van der Waals surface area contributed by atoms with Crippen LogP contribution < -0.4 is 10.1 Å². The van der Waals surface area contributed by atoms with Crippen molar-refractivity contribution in [2.24, 2.45) is 7.05 Å². The number of ether oxygens (including phenoxy) is 2. The molecule has 1 amide bonds. The second kappa shape index (κ2) is 8.03. The number of benzene rings is 1. The molecule has 1 N–H and O–H groups in total. The summed E-state index contributed by atoms with van der Waals surface area (Å²) in [5.74, 6) is -0.391. The normalized spacial score (nSPS) is 11.8. The molecule has 1 atom stereocenters. The van der Waals surface area contributed by atoms with Crippen molar-refractivity contribution in [3.8, 4) is 5.75 Å². The van der Waals surface area contributed by atoms with Crippen molar-refractivity contribution < 1.29 is 19.1 Å². The number of nitrogens with zero attached hydrogens (tertiary/aromatic N) is 2. The smallest absolute Gasteiger partial charge is 0.344 e. The number of rotatable bonds is 6. The largest absolute Gasteiger partial charge is 0.482 e. The molecule has 140 valence electrons. The van der Waals surface area contributed by atoms with Crippen molar-refractivity contribution in [2.75, 3.05) is 11.9 Å². The highest BCUT2D eigenvalue weighted by Crippen LogP contribution is 2.21. The molecule has 1 aromatic carbocycles. The van der Waals surface area contributed by atoms with Gasteiger partial charge in [-0.1, -0.05) is 12.1 Å².